The molecule has 0 saturated carbocycles. The maximum Gasteiger partial charge on any atom is 1.00 e. The van der Waals surface area contributed by atoms with Crippen molar-refractivity contribution in [1.82, 2.24) is 0 Å². The number of benzene rings is 9. The van der Waals surface area contributed by atoms with Gasteiger partial charge in [0.1, 0.15) is 0 Å². The molecular weight excluding hydrogens is 906 g/mol. The van der Waals surface area contributed by atoms with Crippen molar-refractivity contribution in [1.29, 1.82) is 0 Å². The second-order valence-electron chi connectivity index (χ2n) is 13.1. The molecule has 301 valence electrons. The molecule has 6 heteroatoms. The topological polar surface area (TPSA) is 17.1 Å². The van der Waals surface area contributed by atoms with Crippen molar-refractivity contribution >= 4 is 88.9 Å². The molecule has 0 aliphatic rings. The number of hydrogen-bond donors (Lipinski definition) is 0. The van der Waals surface area contributed by atoms with Crippen LogP contribution in [0.4, 0.5) is 0 Å². The Balaban J connectivity index is 0.000000166. The van der Waals surface area contributed by atoms with Gasteiger partial charge in [-0.3, -0.25) is 0 Å². The Morgan fingerprint density at radius 1 is 0.230 bits per heavy atom. The zero-order valence-electron chi connectivity index (χ0n) is 33.5. The Hall–Kier alpha value is -5.15. The van der Waals surface area contributed by atoms with Crippen molar-refractivity contribution in [3.8, 4) is 0 Å². The van der Waals surface area contributed by atoms with Crippen LogP contribution in [0.15, 0.2) is 273 Å². The summed E-state index contributed by atoms with van der Waals surface area (Å²) in [6.45, 7) is 0. The van der Waals surface area contributed by atoms with E-state index in [4.69, 9.17) is 4.79 Å². The molecule has 0 heterocycles. The summed E-state index contributed by atoms with van der Waals surface area (Å²) in [5, 5.41) is 12.6. The van der Waals surface area contributed by atoms with E-state index in [1.54, 1.807) is 0 Å². The van der Waals surface area contributed by atoms with E-state index in [2.05, 4.69) is 285 Å². The minimum atomic E-state index is -0.446. The number of carbonyl (C=O) groups excluding carboxylic acids is 1. The summed E-state index contributed by atoms with van der Waals surface area (Å²) in [4.78, 5) is 8.45. The molecule has 0 amide bonds. The SMILES string of the molecule is O=[C-]Cl.[Ru+].c1ccc(P(c2ccccc2)c2ccccc2)cc1.c1ccc(P(c2ccccc2)c2ccccc2)cc1.c1ccc(P(c2ccccc2)c2ccccc2)cc1. The molecule has 0 aliphatic heterocycles. The molecule has 1 radical (unpaired) electrons. The molecule has 0 spiro atoms. The van der Waals surface area contributed by atoms with Gasteiger partial charge in [-0.25, -0.2) is 0 Å². The fourth-order valence-electron chi connectivity index (χ4n) is 6.54. The summed E-state index contributed by atoms with van der Waals surface area (Å²) < 4.78 is 0. The van der Waals surface area contributed by atoms with Crippen LogP contribution in [0.25, 0.3) is 0 Å². The minimum absolute atomic E-state index is 0. The van der Waals surface area contributed by atoms with Crippen LogP contribution in [-0.4, -0.2) is 5.75 Å². The number of hydrogen-bond acceptors (Lipinski definition) is 1. The summed E-state index contributed by atoms with van der Waals surface area (Å²) in [7, 11) is -1.34. The van der Waals surface area contributed by atoms with E-state index in [1.165, 1.54) is 47.7 Å². The van der Waals surface area contributed by atoms with Gasteiger partial charge in [0.15, 0.2) is 0 Å². The van der Waals surface area contributed by atoms with Crippen molar-refractivity contribution < 1.29 is 24.3 Å². The van der Waals surface area contributed by atoms with E-state index < -0.39 is 23.8 Å². The van der Waals surface area contributed by atoms with Crippen LogP contribution in [0.2, 0.25) is 0 Å². The average Bonchev–Trinajstić information content (AvgIpc) is 3.33. The third-order valence-corrected chi connectivity index (χ3v) is 16.5. The van der Waals surface area contributed by atoms with Crippen LogP contribution in [0, 0.1) is 0 Å². The van der Waals surface area contributed by atoms with Crippen LogP contribution in [0.3, 0.4) is 0 Å². The first kappa shape index (κ1) is 46.9. The van der Waals surface area contributed by atoms with Gasteiger partial charge < -0.3 is 16.4 Å². The van der Waals surface area contributed by atoms with E-state index >= 15 is 0 Å². The molecule has 9 aromatic carbocycles. The second-order valence-corrected chi connectivity index (χ2v) is 19.9. The Kier molecular flexibility index (Phi) is 20.7. The molecule has 9 rings (SSSR count). The number of rotatable bonds is 9. The average molecular weight is 951 g/mol. The van der Waals surface area contributed by atoms with Gasteiger partial charge >= 0.3 is 19.5 Å². The molecule has 0 aromatic heterocycles. The van der Waals surface area contributed by atoms with Gasteiger partial charge in [0.25, 0.3) is 0 Å². The van der Waals surface area contributed by atoms with Crippen molar-refractivity contribution in [2.45, 2.75) is 0 Å². The largest absolute Gasteiger partial charge is 1.00 e. The molecule has 0 aliphatic carbocycles. The van der Waals surface area contributed by atoms with Crippen molar-refractivity contribution in [3.05, 3.63) is 273 Å². The predicted molar refractivity (Wildman–Crippen MR) is 267 cm³/mol. The van der Waals surface area contributed by atoms with E-state index in [-0.39, 0.29) is 19.5 Å². The van der Waals surface area contributed by atoms with E-state index in [0.717, 1.165) is 5.75 Å². The first-order chi connectivity index (χ1) is 29.8. The Labute approximate surface area is 383 Å². The number of halogens is 1. The standard InChI is InChI=1S/3C18H15P.CClO.Ru/c3*1-4-10-16(11-5-1)19(17-12-6-2-7-13-17)18-14-8-3-9-15-18;2-1-3;/h3*1-15H;;/q;;;-1;+1. The Morgan fingerprint density at radius 3 is 0.393 bits per heavy atom. The third-order valence-electron chi connectivity index (χ3n) is 9.13. The molecule has 0 saturated heterocycles. The van der Waals surface area contributed by atoms with Gasteiger partial charge in [-0.2, -0.15) is 5.75 Å². The Morgan fingerprint density at radius 2 is 0.311 bits per heavy atom. The zero-order chi connectivity index (χ0) is 41.5. The minimum Gasteiger partial charge on any atom is -0.525 e. The molecule has 0 bridgehead atoms. The maximum atomic E-state index is 8.45. The van der Waals surface area contributed by atoms with Gasteiger partial charge in [-0.05, 0) is 71.5 Å². The molecule has 9 aromatic rings. The van der Waals surface area contributed by atoms with Gasteiger partial charge in [-0.15, -0.1) is 0 Å². The normalized spacial score (nSPS) is 10.1. The molecule has 0 atom stereocenters. The van der Waals surface area contributed by atoms with Crippen LogP contribution in [-0.2, 0) is 24.3 Å². The molecule has 0 N–H and O–H groups in total. The van der Waals surface area contributed by atoms with E-state index in [9.17, 15) is 0 Å². The molecule has 0 unspecified atom stereocenters. The van der Waals surface area contributed by atoms with Gasteiger partial charge in [0, 0.05) is 0 Å². The third kappa shape index (κ3) is 14.5. The predicted octanol–water partition coefficient (Wildman–Crippen LogP) is 10.6. The molecule has 1 nitrogen and oxygen atoms in total. The van der Waals surface area contributed by atoms with Crippen LogP contribution < -0.4 is 47.7 Å². The maximum absolute atomic E-state index is 8.45. The molecule has 0 fully saturated rings. The fraction of sp³-hybridized carbons (Fsp3) is 0. The molecule has 61 heavy (non-hydrogen) atoms. The zero-order valence-corrected chi connectivity index (χ0v) is 38.6. The van der Waals surface area contributed by atoms with Crippen LogP contribution in [0.1, 0.15) is 0 Å². The van der Waals surface area contributed by atoms with Crippen molar-refractivity contribution in [3.63, 3.8) is 0 Å². The van der Waals surface area contributed by atoms with Crippen molar-refractivity contribution in [2.24, 2.45) is 0 Å². The smallest absolute Gasteiger partial charge is 0.525 e. The van der Waals surface area contributed by atoms with E-state index in [0.29, 0.717) is 0 Å². The van der Waals surface area contributed by atoms with Gasteiger partial charge in [0.05, 0.1) is 0 Å². The van der Waals surface area contributed by atoms with Crippen LogP contribution >= 0.6 is 35.4 Å². The summed E-state index contributed by atoms with van der Waals surface area (Å²) in [6, 6.07) is 97.0. The summed E-state index contributed by atoms with van der Waals surface area (Å²) in [5.41, 5.74) is 0. The van der Waals surface area contributed by atoms with Crippen LogP contribution in [0.5, 0.6) is 0 Å². The quantitative estimate of drug-likeness (QED) is 0.0610. The van der Waals surface area contributed by atoms with Gasteiger partial charge in [0.2, 0.25) is 0 Å². The first-order valence-corrected chi connectivity index (χ1v) is 24.0. The van der Waals surface area contributed by atoms with Gasteiger partial charge in [-0.1, -0.05) is 273 Å². The fourth-order valence-corrected chi connectivity index (χ4v) is 13.5. The Bertz CT molecular complexity index is 1930. The van der Waals surface area contributed by atoms with Crippen molar-refractivity contribution in [2.75, 3.05) is 0 Å². The summed E-state index contributed by atoms with van der Waals surface area (Å²) >= 11 is 4.19. The van der Waals surface area contributed by atoms with E-state index in [1.807, 2.05) is 0 Å². The summed E-state index contributed by atoms with van der Waals surface area (Å²) in [6.07, 6.45) is 0. The first-order valence-electron chi connectivity index (χ1n) is 19.6. The monoisotopic (exact) mass is 951 g/mol. The second kappa shape index (κ2) is 26.9. The summed E-state index contributed by atoms with van der Waals surface area (Å²) in [5.74, 6) is 0.972. The molecular formula is C55H45ClOP3Ru.